The summed E-state index contributed by atoms with van der Waals surface area (Å²) < 4.78 is 40.2. The molecule has 1 atom stereocenters. The molecular formula is C10H11F3O2. The van der Waals surface area contributed by atoms with Gasteiger partial charge in [0.25, 0.3) is 0 Å². The Hall–Kier alpha value is -1.07. The first kappa shape index (κ1) is 12.0. The first-order valence-corrected chi connectivity index (χ1v) is 4.37. The molecule has 0 aromatic heterocycles. The Labute approximate surface area is 85.3 Å². The molecule has 1 aromatic rings. The van der Waals surface area contributed by atoms with Crippen LogP contribution in [0.5, 0.6) is 0 Å². The van der Waals surface area contributed by atoms with Crippen LogP contribution in [-0.4, -0.2) is 24.5 Å². The van der Waals surface area contributed by atoms with Gasteiger partial charge in [0.15, 0.2) is 0 Å². The second-order valence-electron chi connectivity index (χ2n) is 3.01. The number of ether oxygens (including phenoxy) is 1. The average Bonchev–Trinajstić information content (AvgIpc) is 2.19. The second kappa shape index (κ2) is 5.14. The first-order chi connectivity index (χ1) is 7.03. The zero-order chi connectivity index (χ0) is 11.3. The van der Waals surface area contributed by atoms with Crippen molar-refractivity contribution >= 4 is 0 Å². The molecule has 0 saturated carbocycles. The van der Waals surface area contributed by atoms with Gasteiger partial charge in [-0.3, -0.25) is 0 Å². The molecule has 15 heavy (non-hydrogen) atoms. The van der Waals surface area contributed by atoms with E-state index in [1.54, 1.807) is 30.3 Å². The summed E-state index contributed by atoms with van der Waals surface area (Å²) in [5, 5.41) is 8.88. The highest BCUT2D eigenvalue weighted by Gasteiger charge is 2.29. The predicted molar refractivity (Wildman–Crippen MR) is 48.3 cm³/mol. The number of hydrogen-bond acceptors (Lipinski definition) is 2. The van der Waals surface area contributed by atoms with E-state index in [9.17, 15) is 13.2 Å². The maximum Gasteiger partial charge on any atom is 0.411 e. The maximum absolute atomic E-state index is 11.9. The fraction of sp³-hybridized carbons (Fsp3) is 0.400. The van der Waals surface area contributed by atoms with Crippen LogP contribution in [-0.2, 0) is 4.74 Å². The molecule has 0 radical (unpaired) electrons. The largest absolute Gasteiger partial charge is 0.411 e. The number of hydrogen-bond donors (Lipinski definition) is 1. The van der Waals surface area contributed by atoms with Crippen molar-refractivity contribution in [3.05, 3.63) is 35.9 Å². The molecule has 0 aliphatic rings. The van der Waals surface area contributed by atoms with E-state index in [0.717, 1.165) is 0 Å². The van der Waals surface area contributed by atoms with Crippen LogP contribution in [0.4, 0.5) is 13.2 Å². The molecule has 5 heteroatoms. The number of halogens is 3. The molecule has 0 fully saturated rings. The number of rotatable bonds is 4. The SMILES string of the molecule is OC[C@H](OCC(F)(F)F)c1ccccc1. The third-order valence-corrected chi connectivity index (χ3v) is 1.79. The van der Waals surface area contributed by atoms with Crippen molar-refractivity contribution in [3.63, 3.8) is 0 Å². The van der Waals surface area contributed by atoms with Gasteiger partial charge in [0, 0.05) is 0 Å². The molecule has 0 unspecified atom stereocenters. The molecule has 0 heterocycles. The van der Waals surface area contributed by atoms with Crippen molar-refractivity contribution in [1.29, 1.82) is 0 Å². The van der Waals surface area contributed by atoms with Crippen molar-refractivity contribution in [2.75, 3.05) is 13.2 Å². The van der Waals surface area contributed by atoms with Gasteiger partial charge in [-0.1, -0.05) is 30.3 Å². The molecule has 0 aliphatic carbocycles. The maximum atomic E-state index is 11.9. The van der Waals surface area contributed by atoms with Crippen LogP contribution in [0.15, 0.2) is 30.3 Å². The van der Waals surface area contributed by atoms with E-state index in [1.165, 1.54) is 0 Å². The minimum atomic E-state index is -4.37. The van der Waals surface area contributed by atoms with Gasteiger partial charge in [-0.05, 0) is 5.56 Å². The summed E-state index contributed by atoms with van der Waals surface area (Å²) >= 11 is 0. The van der Waals surface area contributed by atoms with Gasteiger partial charge < -0.3 is 9.84 Å². The van der Waals surface area contributed by atoms with Gasteiger partial charge in [0.1, 0.15) is 12.7 Å². The molecule has 0 aliphatic heterocycles. The van der Waals surface area contributed by atoms with Crippen LogP contribution in [0, 0.1) is 0 Å². The molecule has 0 bridgehead atoms. The lowest BCUT2D eigenvalue weighted by atomic mass is 10.1. The van der Waals surface area contributed by atoms with Crippen molar-refractivity contribution in [3.8, 4) is 0 Å². The Morgan fingerprint density at radius 2 is 1.80 bits per heavy atom. The fourth-order valence-electron chi connectivity index (χ4n) is 1.12. The molecule has 1 rings (SSSR count). The smallest absolute Gasteiger partial charge is 0.393 e. The van der Waals surface area contributed by atoms with E-state index in [4.69, 9.17) is 5.11 Å². The minimum absolute atomic E-state index is 0.472. The third-order valence-electron chi connectivity index (χ3n) is 1.79. The van der Waals surface area contributed by atoms with Gasteiger partial charge in [-0.25, -0.2) is 0 Å². The van der Waals surface area contributed by atoms with Gasteiger partial charge in [-0.15, -0.1) is 0 Å². The number of benzene rings is 1. The standard InChI is InChI=1S/C10H11F3O2/c11-10(12,13)7-15-9(6-14)8-4-2-1-3-5-8/h1-5,9,14H,6-7H2/t9-/m0/s1. The van der Waals surface area contributed by atoms with E-state index in [2.05, 4.69) is 4.74 Å². The van der Waals surface area contributed by atoms with Gasteiger partial charge in [-0.2, -0.15) is 13.2 Å². The highest BCUT2D eigenvalue weighted by Crippen LogP contribution is 2.21. The van der Waals surface area contributed by atoms with Crippen molar-refractivity contribution < 1.29 is 23.0 Å². The summed E-state index contributed by atoms with van der Waals surface area (Å²) in [7, 11) is 0. The molecular weight excluding hydrogens is 209 g/mol. The number of aliphatic hydroxyl groups is 1. The summed E-state index contributed by atoms with van der Waals surface area (Å²) in [6.07, 6.45) is -5.30. The second-order valence-corrected chi connectivity index (χ2v) is 3.01. The zero-order valence-electron chi connectivity index (χ0n) is 7.87. The topological polar surface area (TPSA) is 29.5 Å². The summed E-state index contributed by atoms with van der Waals surface area (Å²) in [6.45, 7) is -1.83. The van der Waals surface area contributed by atoms with Crippen LogP contribution in [0.2, 0.25) is 0 Å². The van der Waals surface area contributed by atoms with E-state index >= 15 is 0 Å². The van der Waals surface area contributed by atoms with Gasteiger partial charge >= 0.3 is 6.18 Å². The fourth-order valence-corrected chi connectivity index (χ4v) is 1.12. The number of aliphatic hydroxyl groups excluding tert-OH is 1. The Morgan fingerprint density at radius 1 is 1.20 bits per heavy atom. The molecule has 1 N–H and O–H groups in total. The molecule has 0 spiro atoms. The van der Waals surface area contributed by atoms with Crippen molar-refractivity contribution in [2.45, 2.75) is 12.3 Å². The highest BCUT2D eigenvalue weighted by molar-refractivity contribution is 5.17. The van der Waals surface area contributed by atoms with Crippen LogP contribution < -0.4 is 0 Å². The minimum Gasteiger partial charge on any atom is -0.393 e. The number of alkyl halides is 3. The van der Waals surface area contributed by atoms with E-state index in [-0.39, 0.29) is 0 Å². The monoisotopic (exact) mass is 220 g/mol. The molecule has 1 aromatic carbocycles. The van der Waals surface area contributed by atoms with Crippen molar-refractivity contribution in [1.82, 2.24) is 0 Å². The van der Waals surface area contributed by atoms with E-state index in [1.807, 2.05) is 0 Å². The summed E-state index contributed by atoms with van der Waals surface area (Å²) in [6, 6.07) is 8.31. The van der Waals surface area contributed by atoms with Crippen molar-refractivity contribution in [2.24, 2.45) is 0 Å². The van der Waals surface area contributed by atoms with Crippen LogP contribution in [0.1, 0.15) is 11.7 Å². The summed E-state index contributed by atoms with van der Waals surface area (Å²) in [5.74, 6) is 0. The molecule has 84 valence electrons. The quantitative estimate of drug-likeness (QED) is 0.843. The normalized spacial score (nSPS) is 13.9. The Kier molecular flexibility index (Phi) is 4.11. The Bertz CT molecular complexity index is 284. The molecule has 0 saturated heterocycles. The lowest BCUT2D eigenvalue weighted by Gasteiger charge is -2.16. The Morgan fingerprint density at radius 3 is 2.27 bits per heavy atom. The lowest BCUT2D eigenvalue weighted by Crippen LogP contribution is -2.21. The third kappa shape index (κ3) is 4.31. The van der Waals surface area contributed by atoms with Crippen LogP contribution >= 0.6 is 0 Å². The lowest BCUT2D eigenvalue weighted by molar-refractivity contribution is -0.189. The Balaban J connectivity index is 2.58. The summed E-state index contributed by atoms with van der Waals surface area (Å²) in [5.41, 5.74) is 0.532. The van der Waals surface area contributed by atoms with Gasteiger partial charge in [0.05, 0.1) is 6.61 Å². The van der Waals surface area contributed by atoms with E-state index < -0.39 is 25.5 Å². The van der Waals surface area contributed by atoms with Gasteiger partial charge in [0.2, 0.25) is 0 Å². The average molecular weight is 220 g/mol. The van der Waals surface area contributed by atoms with E-state index in [0.29, 0.717) is 5.56 Å². The molecule has 0 amide bonds. The van der Waals surface area contributed by atoms with Crippen LogP contribution in [0.25, 0.3) is 0 Å². The summed E-state index contributed by atoms with van der Waals surface area (Å²) in [4.78, 5) is 0. The zero-order valence-corrected chi connectivity index (χ0v) is 7.87. The van der Waals surface area contributed by atoms with Crippen LogP contribution in [0.3, 0.4) is 0 Å². The highest BCUT2D eigenvalue weighted by atomic mass is 19.4. The molecule has 2 nitrogen and oxygen atoms in total. The first-order valence-electron chi connectivity index (χ1n) is 4.37. The predicted octanol–water partition coefficient (Wildman–Crippen LogP) is 2.30.